The molecule has 0 N–H and O–H groups in total. The third-order valence-electron chi connectivity index (χ3n) is 4.78. The fourth-order valence-corrected chi connectivity index (χ4v) is 3.77. The number of aliphatic imine (C=N–C) groups is 2. The van der Waals surface area contributed by atoms with Crippen molar-refractivity contribution in [2.75, 3.05) is 7.05 Å². The highest BCUT2D eigenvalue weighted by Crippen LogP contribution is 2.68. The first-order chi connectivity index (χ1) is 7.89. The maximum absolute atomic E-state index is 5.94. The summed E-state index contributed by atoms with van der Waals surface area (Å²) in [5.41, 5.74) is 0.336. The predicted molar refractivity (Wildman–Crippen MR) is 73.8 cm³/mol. The van der Waals surface area contributed by atoms with Crippen LogP contribution in [0.3, 0.4) is 0 Å². The Kier molecular flexibility index (Phi) is 3.23. The van der Waals surface area contributed by atoms with Gasteiger partial charge in [0.15, 0.2) is 0 Å². The van der Waals surface area contributed by atoms with Crippen LogP contribution in [0.2, 0.25) is 0 Å². The summed E-state index contributed by atoms with van der Waals surface area (Å²) < 4.78 is 0. The average Bonchev–Trinajstić information content (AvgIpc) is 2.22. The van der Waals surface area contributed by atoms with Crippen LogP contribution in [0.5, 0.6) is 0 Å². The van der Waals surface area contributed by atoms with Gasteiger partial charge in [0.2, 0.25) is 5.29 Å². The molecular formula is C13H22ClN3. The zero-order valence-electron chi connectivity index (χ0n) is 11.3. The lowest BCUT2D eigenvalue weighted by molar-refractivity contribution is -0.228. The van der Waals surface area contributed by atoms with Gasteiger partial charge in [0.05, 0.1) is 6.34 Å². The van der Waals surface area contributed by atoms with E-state index < -0.39 is 0 Å². The quantitative estimate of drug-likeness (QED) is 0.433. The number of hydrogen-bond donors (Lipinski definition) is 0. The summed E-state index contributed by atoms with van der Waals surface area (Å²) in [6, 6.07) is 0.192. The molecule has 96 valence electrons. The molecule has 17 heavy (non-hydrogen) atoms. The highest BCUT2D eigenvalue weighted by molar-refractivity contribution is 6.65. The molecule has 0 aromatic carbocycles. The third-order valence-corrected chi connectivity index (χ3v) is 4.98. The van der Waals surface area contributed by atoms with Crippen LogP contribution in [0.4, 0.5) is 0 Å². The van der Waals surface area contributed by atoms with Gasteiger partial charge in [-0.2, -0.15) is 0 Å². The van der Waals surface area contributed by atoms with Gasteiger partial charge in [-0.25, -0.2) is 4.99 Å². The number of nitrogens with zero attached hydrogens (tertiary/aromatic N) is 3. The Bertz CT molecular complexity index is 352. The van der Waals surface area contributed by atoms with Gasteiger partial charge < -0.3 is 4.90 Å². The van der Waals surface area contributed by atoms with Crippen LogP contribution in [0, 0.1) is 17.8 Å². The lowest BCUT2D eigenvalue weighted by Crippen LogP contribution is -2.79. The van der Waals surface area contributed by atoms with Crippen LogP contribution >= 0.6 is 11.6 Å². The van der Waals surface area contributed by atoms with Crippen LogP contribution in [0.1, 0.15) is 34.1 Å². The van der Waals surface area contributed by atoms with Gasteiger partial charge in [-0.05, 0) is 49.6 Å². The van der Waals surface area contributed by atoms with E-state index in [-0.39, 0.29) is 6.04 Å². The number of hydrogen-bond acceptors (Lipinski definition) is 1. The lowest BCUT2D eigenvalue weighted by Gasteiger charge is -2.75. The summed E-state index contributed by atoms with van der Waals surface area (Å²) in [6.45, 7) is 8.66. The molecule has 0 radical (unpaired) electrons. The summed E-state index contributed by atoms with van der Waals surface area (Å²) in [5, 5.41) is 0.346. The van der Waals surface area contributed by atoms with E-state index in [4.69, 9.17) is 11.6 Å². The Morgan fingerprint density at radius 1 is 1.41 bits per heavy atom. The average molecular weight is 256 g/mol. The Morgan fingerprint density at radius 3 is 2.41 bits per heavy atom. The molecule has 0 spiro atoms. The minimum absolute atomic E-state index is 0.192. The topological polar surface area (TPSA) is 28.0 Å². The molecule has 3 aliphatic rings. The zero-order chi connectivity index (χ0) is 12.8. The minimum Gasteiger partial charge on any atom is -0.359 e. The van der Waals surface area contributed by atoms with Crippen LogP contribution < -0.4 is 0 Å². The second kappa shape index (κ2) is 4.27. The molecule has 3 rings (SSSR count). The van der Waals surface area contributed by atoms with E-state index in [1.807, 2.05) is 20.2 Å². The molecule has 0 aromatic heterocycles. The monoisotopic (exact) mass is 255 g/mol. The Labute approximate surface area is 109 Å². The fraction of sp³-hybridized carbons (Fsp3) is 0.846. The molecule has 0 aromatic rings. The molecule has 3 nitrogen and oxygen atoms in total. The first-order valence-corrected chi connectivity index (χ1v) is 6.77. The van der Waals surface area contributed by atoms with Gasteiger partial charge in [0, 0.05) is 18.6 Å². The minimum atomic E-state index is 0.192. The molecule has 2 bridgehead atoms. The number of halogens is 1. The molecular weight excluding hydrogens is 234 g/mol. The van der Waals surface area contributed by atoms with Crippen LogP contribution in [-0.4, -0.2) is 35.2 Å². The maximum atomic E-state index is 5.94. The van der Waals surface area contributed by atoms with Gasteiger partial charge >= 0.3 is 0 Å². The molecule has 0 heterocycles. The van der Waals surface area contributed by atoms with Crippen molar-refractivity contribution in [3.63, 3.8) is 0 Å². The molecule has 0 amide bonds. The SMILES string of the molecule is CC(C)/N=C(Cl)\N=C\N(C)C12CC([C@H]1C)[C@H]2C. The van der Waals surface area contributed by atoms with E-state index in [1.54, 1.807) is 0 Å². The van der Waals surface area contributed by atoms with Gasteiger partial charge in [-0.1, -0.05) is 13.8 Å². The normalized spacial score (nSPS) is 40.4. The van der Waals surface area contributed by atoms with E-state index >= 15 is 0 Å². The molecule has 0 saturated heterocycles. The van der Waals surface area contributed by atoms with Gasteiger partial charge in [-0.15, -0.1) is 0 Å². The molecule has 3 fully saturated rings. The van der Waals surface area contributed by atoms with Crippen molar-refractivity contribution in [3.8, 4) is 0 Å². The van der Waals surface area contributed by atoms with Gasteiger partial charge in [-0.3, -0.25) is 4.99 Å². The molecule has 3 saturated carbocycles. The van der Waals surface area contributed by atoms with E-state index in [9.17, 15) is 0 Å². The summed E-state index contributed by atoms with van der Waals surface area (Å²) >= 11 is 5.94. The molecule has 0 aliphatic heterocycles. The molecule has 4 heteroatoms. The van der Waals surface area contributed by atoms with Crippen molar-refractivity contribution in [1.82, 2.24) is 4.90 Å². The van der Waals surface area contributed by atoms with Crippen LogP contribution in [0.25, 0.3) is 0 Å². The van der Waals surface area contributed by atoms with Crippen LogP contribution in [-0.2, 0) is 0 Å². The molecule has 0 unspecified atom stereocenters. The fourth-order valence-electron chi connectivity index (χ4n) is 3.53. The van der Waals surface area contributed by atoms with E-state index in [1.165, 1.54) is 6.42 Å². The van der Waals surface area contributed by atoms with Crippen LogP contribution in [0.15, 0.2) is 9.98 Å². The maximum Gasteiger partial charge on any atom is 0.219 e. The Hall–Kier alpha value is -0.570. The van der Waals surface area contributed by atoms with E-state index in [2.05, 4.69) is 35.8 Å². The predicted octanol–water partition coefficient (Wildman–Crippen LogP) is 2.99. The van der Waals surface area contributed by atoms with Crippen molar-refractivity contribution < 1.29 is 0 Å². The van der Waals surface area contributed by atoms with Gasteiger partial charge in [0.1, 0.15) is 0 Å². The van der Waals surface area contributed by atoms with E-state index in [0.717, 1.165) is 17.8 Å². The van der Waals surface area contributed by atoms with E-state index in [0.29, 0.717) is 10.8 Å². The Balaban J connectivity index is 1.98. The highest BCUT2D eigenvalue weighted by atomic mass is 35.5. The van der Waals surface area contributed by atoms with Crippen molar-refractivity contribution in [2.45, 2.75) is 45.7 Å². The highest BCUT2D eigenvalue weighted by Gasteiger charge is 2.70. The van der Waals surface area contributed by atoms with Gasteiger partial charge in [0.25, 0.3) is 0 Å². The standard InChI is InChI=1S/C13H22ClN3/c1-8(2)16-12(14)15-7-17(5)13-6-11(9(13)3)10(13)4/h7-11H,6H2,1-5H3/b15-7+,16-12-/t9-,10-,11?,13?/m1/s1. The van der Waals surface area contributed by atoms with Crippen molar-refractivity contribution in [3.05, 3.63) is 0 Å². The number of amidine groups is 1. The van der Waals surface area contributed by atoms with Crippen molar-refractivity contribution >= 4 is 23.2 Å². The summed E-state index contributed by atoms with van der Waals surface area (Å²) in [5.74, 6) is 2.50. The first kappa shape index (κ1) is 12.9. The molecule has 3 aliphatic carbocycles. The molecule has 2 atom stereocenters. The number of rotatable bonds is 3. The zero-order valence-corrected chi connectivity index (χ0v) is 12.1. The van der Waals surface area contributed by atoms with Crippen molar-refractivity contribution in [2.24, 2.45) is 27.7 Å². The second-order valence-electron chi connectivity index (χ2n) is 5.78. The lowest BCUT2D eigenvalue weighted by atomic mass is 9.36. The largest absolute Gasteiger partial charge is 0.359 e. The summed E-state index contributed by atoms with van der Waals surface area (Å²) in [4.78, 5) is 10.6. The summed E-state index contributed by atoms with van der Waals surface area (Å²) in [7, 11) is 2.10. The summed E-state index contributed by atoms with van der Waals surface area (Å²) in [6.07, 6.45) is 3.15. The third kappa shape index (κ3) is 1.79. The van der Waals surface area contributed by atoms with Crippen molar-refractivity contribution in [1.29, 1.82) is 0 Å². The second-order valence-corrected chi connectivity index (χ2v) is 6.12. The Morgan fingerprint density at radius 2 is 2.00 bits per heavy atom. The smallest absolute Gasteiger partial charge is 0.219 e. The first-order valence-electron chi connectivity index (χ1n) is 6.40.